The van der Waals surface area contributed by atoms with Gasteiger partial charge in [-0.05, 0) is 40.3 Å². The van der Waals surface area contributed by atoms with Crippen molar-refractivity contribution in [2.24, 2.45) is 5.73 Å². The molecule has 0 heterocycles. The summed E-state index contributed by atoms with van der Waals surface area (Å²) in [6.07, 6.45) is 0. The van der Waals surface area contributed by atoms with Gasteiger partial charge in [0.15, 0.2) is 0 Å². The van der Waals surface area contributed by atoms with Gasteiger partial charge in [-0.2, -0.15) is 0 Å². The van der Waals surface area contributed by atoms with E-state index in [-0.39, 0.29) is 11.5 Å². The van der Waals surface area contributed by atoms with Crippen molar-refractivity contribution in [1.82, 2.24) is 0 Å². The molecule has 0 aliphatic rings. The van der Waals surface area contributed by atoms with Crippen molar-refractivity contribution in [3.05, 3.63) is 68.1 Å². The van der Waals surface area contributed by atoms with Gasteiger partial charge in [0.2, 0.25) is 0 Å². The maximum Gasteiger partial charge on any atom is 0.0566 e. The fraction of sp³-hybridized carbons (Fsp3) is 0.294. The van der Waals surface area contributed by atoms with Crippen LogP contribution in [0, 0.1) is 0 Å². The van der Waals surface area contributed by atoms with Crippen molar-refractivity contribution < 1.29 is 0 Å². The number of nitrogens with two attached hydrogens (primary N) is 1. The van der Waals surface area contributed by atoms with Gasteiger partial charge < -0.3 is 5.73 Å². The molecule has 0 saturated heterocycles. The summed E-state index contributed by atoms with van der Waals surface area (Å²) in [5.41, 5.74) is 10.2. The van der Waals surface area contributed by atoms with Crippen LogP contribution in [-0.2, 0) is 5.41 Å². The van der Waals surface area contributed by atoms with Crippen LogP contribution in [0.25, 0.3) is 0 Å². The Hall–Kier alpha value is -0.640. The van der Waals surface area contributed by atoms with Gasteiger partial charge in [0.05, 0.1) is 6.04 Å². The molecule has 1 atom stereocenters. The van der Waals surface area contributed by atoms with Crippen LogP contribution >= 0.6 is 31.9 Å². The van der Waals surface area contributed by atoms with Gasteiger partial charge in [-0.1, -0.05) is 76.9 Å². The van der Waals surface area contributed by atoms with Crippen molar-refractivity contribution >= 4 is 31.9 Å². The molecule has 0 saturated carbocycles. The molecule has 0 bridgehead atoms. The molecule has 0 radical (unpaired) electrons. The Morgan fingerprint density at radius 3 is 2.25 bits per heavy atom. The first kappa shape index (κ1) is 15.7. The van der Waals surface area contributed by atoms with E-state index in [9.17, 15) is 0 Å². The highest BCUT2D eigenvalue weighted by Gasteiger charge is 2.22. The molecular weight excluding hydrogens is 378 g/mol. The lowest BCUT2D eigenvalue weighted by atomic mass is 9.81. The molecular formula is C17H19Br2N. The maximum atomic E-state index is 6.53. The molecule has 0 aliphatic heterocycles. The zero-order chi connectivity index (χ0) is 14.9. The lowest BCUT2D eigenvalue weighted by Crippen LogP contribution is -2.21. The minimum Gasteiger partial charge on any atom is -0.320 e. The molecule has 106 valence electrons. The smallest absolute Gasteiger partial charge is 0.0566 e. The normalized spacial score (nSPS) is 13.3. The average molecular weight is 397 g/mol. The summed E-state index contributed by atoms with van der Waals surface area (Å²) in [4.78, 5) is 0. The molecule has 3 heteroatoms. The van der Waals surface area contributed by atoms with E-state index in [1.807, 2.05) is 12.1 Å². The van der Waals surface area contributed by atoms with Crippen LogP contribution in [0.5, 0.6) is 0 Å². The first-order valence-corrected chi connectivity index (χ1v) is 8.19. The lowest BCUT2D eigenvalue weighted by Gasteiger charge is -2.26. The lowest BCUT2D eigenvalue weighted by molar-refractivity contribution is 0.577. The molecule has 2 aromatic rings. The van der Waals surface area contributed by atoms with Crippen molar-refractivity contribution in [1.29, 1.82) is 0 Å². The Kier molecular flexibility index (Phi) is 4.73. The highest BCUT2D eigenvalue weighted by Crippen LogP contribution is 2.34. The van der Waals surface area contributed by atoms with Crippen LogP contribution in [-0.4, -0.2) is 0 Å². The summed E-state index contributed by atoms with van der Waals surface area (Å²) in [6.45, 7) is 6.65. The number of benzene rings is 2. The Bertz CT molecular complexity index is 615. The molecule has 1 unspecified atom stereocenters. The van der Waals surface area contributed by atoms with E-state index >= 15 is 0 Å². The summed E-state index contributed by atoms with van der Waals surface area (Å²) in [7, 11) is 0. The zero-order valence-corrected chi connectivity index (χ0v) is 15.1. The molecule has 0 fully saturated rings. The standard InChI is InChI=1S/C17H19Br2N/c1-17(2,3)14-7-5-4-6-12(14)16(20)13-10-11(18)8-9-15(13)19/h4-10,16H,20H2,1-3H3. The van der Waals surface area contributed by atoms with Gasteiger partial charge in [-0.15, -0.1) is 0 Å². The Morgan fingerprint density at radius 1 is 0.950 bits per heavy atom. The van der Waals surface area contributed by atoms with Crippen LogP contribution in [0.1, 0.15) is 43.5 Å². The monoisotopic (exact) mass is 395 g/mol. The highest BCUT2D eigenvalue weighted by atomic mass is 79.9. The molecule has 1 nitrogen and oxygen atoms in total. The van der Waals surface area contributed by atoms with E-state index < -0.39 is 0 Å². The summed E-state index contributed by atoms with van der Waals surface area (Å²) in [5, 5.41) is 0. The summed E-state index contributed by atoms with van der Waals surface area (Å²) >= 11 is 7.12. The van der Waals surface area contributed by atoms with Crippen molar-refractivity contribution in [2.45, 2.75) is 32.2 Å². The topological polar surface area (TPSA) is 26.0 Å². The second-order valence-corrected chi connectivity index (χ2v) is 7.75. The van der Waals surface area contributed by atoms with E-state index in [4.69, 9.17) is 5.73 Å². The minimum absolute atomic E-state index is 0.0761. The third kappa shape index (κ3) is 3.33. The first-order valence-electron chi connectivity index (χ1n) is 6.60. The first-order chi connectivity index (χ1) is 9.30. The number of hydrogen-bond donors (Lipinski definition) is 1. The molecule has 20 heavy (non-hydrogen) atoms. The molecule has 0 spiro atoms. The number of halogens is 2. The van der Waals surface area contributed by atoms with Crippen molar-refractivity contribution in [3.63, 3.8) is 0 Å². The van der Waals surface area contributed by atoms with Gasteiger partial charge in [-0.25, -0.2) is 0 Å². The number of hydrogen-bond acceptors (Lipinski definition) is 1. The van der Waals surface area contributed by atoms with Gasteiger partial charge in [0.1, 0.15) is 0 Å². The SMILES string of the molecule is CC(C)(C)c1ccccc1C(N)c1cc(Br)ccc1Br. The van der Waals surface area contributed by atoms with Gasteiger partial charge in [0.25, 0.3) is 0 Å². The molecule has 0 aromatic heterocycles. The summed E-state index contributed by atoms with van der Waals surface area (Å²) in [5.74, 6) is 0. The fourth-order valence-electron chi connectivity index (χ4n) is 2.37. The molecule has 0 aliphatic carbocycles. The van der Waals surface area contributed by atoms with E-state index in [0.717, 1.165) is 14.5 Å². The van der Waals surface area contributed by atoms with Crippen molar-refractivity contribution in [2.75, 3.05) is 0 Å². The molecule has 2 rings (SSSR count). The zero-order valence-electron chi connectivity index (χ0n) is 12.0. The van der Waals surface area contributed by atoms with E-state index in [0.29, 0.717) is 0 Å². The van der Waals surface area contributed by atoms with Crippen LogP contribution in [0.3, 0.4) is 0 Å². The second-order valence-electron chi connectivity index (χ2n) is 5.98. The van der Waals surface area contributed by atoms with E-state index in [1.165, 1.54) is 11.1 Å². The Labute approximate surface area is 137 Å². The van der Waals surface area contributed by atoms with Gasteiger partial charge in [0, 0.05) is 8.95 Å². The summed E-state index contributed by atoms with van der Waals surface area (Å²) < 4.78 is 2.08. The summed E-state index contributed by atoms with van der Waals surface area (Å²) in [6, 6.07) is 14.4. The predicted molar refractivity (Wildman–Crippen MR) is 93.0 cm³/mol. The average Bonchev–Trinajstić information content (AvgIpc) is 2.40. The quantitative estimate of drug-likeness (QED) is 0.706. The van der Waals surface area contributed by atoms with Crippen molar-refractivity contribution in [3.8, 4) is 0 Å². The van der Waals surface area contributed by atoms with Crippen LogP contribution in [0.4, 0.5) is 0 Å². The van der Waals surface area contributed by atoms with Gasteiger partial charge >= 0.3 is 0 Å². The molecule has 2 aromatic carbocycles. The maximum absolute atomic E-state index is 6.53. The van der Waals surface area contributed by atoms with Crippen LogP contribution in [0.15, 0.2) is 51.4 Å². The minimum atomic E-state index is -0.141. The molecule has 2 N–H and O–H groups in total. The Balaban J connectivity index is 2.54. The molecule has 0 amide bonds. The third-order valence-electron chi connectivity index (χ3n) is 3.40. The Morgan fingerprint density at radius 2 is 1.60 bits per heavy atom. The number of rotatable bonds is 2. The van der Waals surface area contributed by atoms with Crippen LogP contribution in [0.2, 0.25) is 0 Å². The second kappa shape index (κ2) is 6.00. The predicted octanol–water partition coefficient (Wildman–Crippen LogP) is 5.56. The third-order valence-corrected chi connectivity index (χ3v) is 4.61. The largest absolute Gasteiger partial charge is 0.320 e. The highest BCUT2D eigenvalue weighted by molar-refractivity contribution is 9.11. The van der Waals surface area contributed by atoms with E-state index in [2.05, 4.69) is 83.0 Å². The van der Waals surface area contributed by atoms with Gasteiger partial charge in [-0.3, -0.25) is 0 Å². The fourth-order valence-corrected chi connectivity index (χ4v) is 3.24. The van der Waals surface area contributed by atoms with Crippen LogP contribution < -0.4 is 5.73 Å². The van der Waals surface area contributed by atoms with E-state index in [1.54, 1.807) is 0 Å².